The zero-order chi connectivity index (χ0) is 19.8. The van der Waals surface area contributed by atoms with Crippen LogP contribution in [-0.2, 0) is 16.0 Å². The van der Waals surface area contributed by atoms with Gasteiger partial charge >= 0.3 is 0 Å². The molecule has 0 radical (unpaired) electrons. The molecule has 1 N–H and O–H groups in total. The van der Waals surface area contributed by atoms with E-state index >= 15 is 0 Å². The van der Waals surface area contributed by atoms with Gasteiger partial charge in [-0.25, -0.2) is 0 Å². The molecule has 1 atom stereocenters. The summed E-state index contributed by atoms with van der Waals surface area (Å²) < 4.78 is 5.18. The number of benzene rings is 1. The molecule has 0 saturated carbocycles. The third-order valence-corrected chi connectivity index (χ3v) is 5.83. The minimum absolute atomic E-state index is 0.170. The molecular formula is C22H33N3O3. The molecule has 1 aromatic carbocycles. The number of piperazine rings is 1. The van der Waals surface area contributed by atoms with Gasteiger partial charge in [-0.3, -0.25) is 9.59 Å². The van der Waals surface area contributed by atoms with E-state index in [0.29, 0.717) is 19.5 Å². The summed E-state index contributed by atoms with van der Waals surface area (Å²) >= 11 is 0. The third kappa shape index (κ3) is 5.71. The number of amides is 2. The second-order valence-corrected chi connectivity index (χ2v) is 7.81. The van der Waals surface area contributed by atoms with Gasteiger partial charge in [0, 0.05) is 38.6 Å². The fourth-order valence-electron chi connectivity index (χ4n) is 4.18. The first-order chi connectivity index (χ1) is 13.7. The fourth-order valence-corrected chi connectivity index (χ4v) is 4.18. The monoisotopic (exact) mass is 387 g/mol. The van der Waals surface area contributed by atoms with Crippen molar-refractivity contribution in [1.82, 2.24) is 15.1 Å². The number of unbranched alkanes of at least 4 members (excludes halogenated alkanes) is 2. The molecule has 6 nitrogen and oxygen atoms in total. The Kier molecular flexibility index (Phi) is 7.71. The molecule has 2 heterocycles. The van der Waals surface area contributed by atoms with E-state index < -0.39 is 0 Å². The summed E-state index contributed by atoms with van der Waals surface area (Å²) in [4.78, 5) is 28.7. The van der Waals surface area contributed by atoms with E-state index in [1.54, 1.807) is 7.11 Å². The summed E-state index contributed by atoms with van der Waals surface area (Å²) in [6, 6.07) is 8.40. The highest BCUT2D eigenvalue weighted by Crippen LogP contribution is 2.19. The van der Waals surface area contributed by atoms with Crippen LogP contribution in [0.4, 0.5) is 0 Å². The number of rotatable bonds is 8. The Morgan fingerprint density at radius 2 is 2.00 bits per heavy atom. The van der Waals surface area contributed by atoms with Gasteiger partial charge in [-0.1, -0.05) is 18.6 Å². The SMILES string of the molecule is COc1ccc(CCCCCC(=O)N2CCCC(N3CCNCC3=O)C2)cc1. The van der Waals surface area contributed by atoms with Crippen molar-refractivity contribution < 1.29 is 14.3 Å². The summed E-state index contributed by atoms with van der Waals surface area (Å²) in [6.07, 6.45) is 6.74. The Morgan fingerprint density at radius 1 is 1.18 bits per heavy atom. The molecule has 154 valence electrons. The number of likely N-dealkylation sites (tertiary alicyclic amines) is 1. The van der Waals surface area contributed by atoms with E-state index in [9.17, 15) is 9.59 Å². The molecule has 3 rings (SSSR count). The summed E-state index contributed by atoms with van der Waals surface area (Å²) in [7, 11) is 1.68. The van der Waals surface area contributed by atoms with Crippen molar-refractivity contribution in [2.45, 2.75) is 51.0 Å². The maximum absolute atomic E-state index is 12.6. The van der Waals surface area contributed by atoms with E-state index in [0.717, 1.165) is 63.9 Å². The third-order valence-electron chi connectivity index (χ3n) is 5.83. The van der Waals surface area contributed by atoms with Gasteiger partial charge < -0.3 is 19.9 Å². The number of carbonyl (C=O) groups excluding carboxylic acids is 2. The Bertz CT molecular complexity index is 647. The van der Waals surface area contributed by atoms with Crippen LogP contribution in [0.1, 0.15) is 44.1 Å². The molecule has 2 amide bonds. The number of hydrogen-bond donors (Lipinski definition) is 1. The summed E-state index contributed by atoms with van der Waals surface area (Å²) in [5.41, 5.74) is 1.31. The van der Waals surface area contributed by atoms with Crippen molar-refractivity contribution >= 4 is 11.8 Å². The lowest BCUT2D eigenvalue weighted by Crippen LogP contribution is -2.57. The molecule has 1 aromatic rings. The molecule has 2 fully saturated rings. The second-order valence-electron chi connectivity index (χ2n) is 7.81. The van der Waals surface area contributed by atoms with Crippen molar-refractivity contribution in [2.75, 3.05) is 39.8 Å². The topological polar surface area (TPSA) is 61.9 Å². The van der Waals surface area contributed by atoms with E-state index in [1.807, 2.05) is 21.9 Å². The number of carbonyl (C=O) groups is 2. The minimum atomic E-state index is 0.170. The van der Waals surface area contributed by atoms with Crippen molar-refractivity contribution in [3.63, 3.8) is 0 Å². The number of nitrogens with zero attached hydrogens (tertiary/aromatic N) is 2. The van der Waals surface area contributed by atoms with Gasteiger partial charge in [0.1, 0.15) is 5.75 Å². The van der Waals surface area contributed by atoms with Crippen LogP contribution < -0.4 is 10.1 Å². The van der Waals surface area contributed by atoms with Crippen molar-refractivity contribution in [2.24, 2.45) is 0 Å². The molecule has 0 bridgehead atoms. The van der Waals surface area contributed by atoms with Gasteiger partial charge in [-0.05, 0) is 49.8 Å². The number of ether oxygens (including phenoxy) is 1. The van der Waals surface area contributed by atoms with Crippen LogP contribution in [0, 0.1) is 0 Å². The molecule has 0 spiro atoms. The molecule has 1 unspecified atom stereocenters. The van der Waals surface area contributed by atoms with E-state index in [-0.39, 0.29) is 17.9 Å². The van der Waals surface area contributed by atoms with Gasteiger partial charge in [-0.15, -0.1) is 0 Å². The lowest BCUT2D eigenvalue weighted by molar-refractivity contribution is -0.140. The van der Waals surface area contributed by atoms with E-state index in [1.165, 1.54) is 5.56 Å². The van der Waals surface area contributed by atoms with Crippen molar-refractivity contribution in [3.8, 4) is 5.75 Å². The van der Waals surface area contributed by atoms with Crippen LogP contribution in [0.25, 0.3) is 0 Å². The first-order valence-corrected chi connectivity index (χ1v) is 10.6. The molecule has 2 aliphatic rings. The molecule has 6 heteroatoms. The number of methoxy groups -OCH3 is 1. The van der Waals surface area contributed by atoms with Crippen LogP contribution in [0.3, 0.4) is 0 Å². The van der Waals surface area contributed by atoms with E-state index in [2.05, 4.69) is 17.4 Å². The zero-order valence-corrected chi connectivity index (χ0v) is 17.0. The number of hydrogen-bond acceptors (Lipinski definition) is 4. The average Bonchev–Trinajstić information content (AvgIpc) is 2.74. The van der Waals surface area contributed by atoms with Crippen LogP contribution in [0.2, 0.25) is 0 Å². The van der Waals surface area contributed by atoms with Gasteiger partial charge in [-0.2, -0.15) is 0 Å². The lowest BCUT2D eigenvalue weighted by atomic mass is 10.0. The smallest absolute Gasteiger partial charge is 0.236 e. The Labute approximate surface area is 168 Å². The van der Waals surface area contributed by atoms with Gasteiger partial charge in [0.25, 0.3) is 0 Å². The first-order valence-electron chi connectivity index (χ1n) is 10.6. The predicted molar refractivity (Wildman–Crippen MR) is 109 cm³/mol. The molecule has 2 aliphatic heterocycles. The highest BCUT2D eigenvalue weighted by molar-refractivity contribution is 5.80. The molecule has 0 aliphatic carbocycles. The van der Waals surface area contributed by atoms with Crippen molar-refractivity contribution in [3.05, 3.63) is 29.8 Å². The maximum Gasteiger partial charge on any atom is 0.236 e. The summed E-state index contributed by atoms with van der Waals surface area (Å²) in [5.74, 6) is 1.30. The highest BCUT2D eigenvalue weighted by Gasteiger charge is 2.31. The van der Waals surface area contributed by atoms with Crippen LogP contribution >= 0.6 is 0 Å². The standard InChI is InChI=1S/C22H33N3O3/c1-28-20-11-9-18(10-12-20)6-3-2-4-8-21(26)24-14-5-7-19(17-24)25-15-13-23-16-22(25)27/h9-12,19,23H,2-8,13-17H2,1H3. The lowest BCUT2D eigenvalue weighted by Gasteiger charge is -2.41. The second kappa shape index (κ2) is 10.5. The Morgan fingerprint density at radius 3 is 2.75 bits per heavy atom. The van der Waals surface area contributed by atoms with Crippen molar-refractivity contribution in [1.29, 1.82) is 0 Å². The average molecular weight is 388 g/mol. The Balaban J connectivity index is 1.35. The molecular weight excluding hydrogens is 354 g/mol. The summed E-state index contributed by atoms with van der Waals surface area (Å²) in [6.45, 7) is 3.58. The summed E-state index contributed by atoms with van der Waals surface area (Å²) in [5, 5.41) is 3.12. The Hall–Kier alpha value is -2.08. The van der Waals surface area contributed by atoms with Crippen LogP contribution in [-0.4, -0.2) is 67.5 Å². The minimum Gasteiger partial charge on any atom is -0.497 e. The quantitative estimate of drug-likeness (QED) is 0.695. The molecule has 28 heavy (non-hydrogen) atoms. The highest BCUT2D eigenvalue weighted by atomic mass is 16.5. The first kappa shape index (κ1) is 20.6. The largest absolute Gasteiger partial charge is 0.497 e. The zero-order valence-electron chi connectivity index (χ0n) is 17.0. The predicted octanol–water partition coefficient (Wildman–Crippen LogP) is 2.22. The molecule has 2 saturated heterocycles. The van der Waals surface area contributed by atoms with Gasteiger partial charge in [0.05, 0.1) is 13.7 Å². The van der Waals surface area contributed by atoms with E-state index in [4.69, 9.17) is 4.74 Å². The number of aryl methyl sites for hydroxylation is 1. The normalized spacial score (nSPS) is 20.3. The van der Waals surface area contributed by atoms with Crippen LogP contribution in [0.5, 0.6) is 5.75 Å². The number of nitrogens with one attached hydrogen (secondary N) is 1. The van der Waals surface area contributed by atoms with Crippen LogP contribution in [0.15, 0.2) is 24.3 Å². The maximum atomic E-state index is 12.6. The number of piperidine rings is 1. The molecule has 0 aromatic heterocycles. The fraction of sp³-hybridized carbons (Fsp3) is 0.636. The van der Waals surface area contributed by atoms with Gasteiger partial charge in [0.15, 0.2) is 0 Å². The van der Waals surface area contributed by atoms with Gasteiger partial charge in [0.2, 0.25) is 11.8 Å².